The van der Waals surface area contributed by atoms with E-state index in [0.717, 1.165) is 38.8 Å². The summed E-state index contributed by atoms with van der Waals surface area (Å²) in [7, 11) is 0. The third-order valence-corrected chi connectivity index (χ3v) is 11.5. The van der Waals surface area contributed by atoms with Crippen LogP contribution in [0.15, 0.2) is 200 Å². The van der Waals surface area contributed by atoms with Crippen molar-refractivity contribution < 1.29 is 0 Å². The maximum Gasteiger partial charge on any atom is 0.166 e. The zero-order chi connectivity index (χ0) is 38.2. The second-order valence-corrected chi connectivity index (χ2v) is 14.8. The van der Waals surface area contributed by atoms with Gasteiger partial charge in [0.05, 0.1) is 33.4 Å². The van der Waals surface area contributed by atoms with Crippen LogP contribution in [0.1, 0.15) is 0 Å². The van der Waals surface area contributed by atoms with Crippen LogP contribution in [0.2, 0.25) is 0 Å². The quantitative estimate of drug-likeness (QED) is 0.177. The van der Waals surface area contributed by atoms with E-state index in [1.807, 2.05) is 36.4 Å². The Kier molecular flexibility index (Phi) is 7.16. The van der Waals surface area contributed by atoms with Crippen LogP contribution in [0.5, 0.6) is 0 Å². The fourth-order valence-electron chi connectivity index (χ4n) is 9.01. The Morgan fingerprint density at radius 3 is 1.59 bits per heavy atom. The van der Waals surface area contributed by atoms with Crippen LogP contribution in [0.25, 0.3) is 111 Å². The highest BCUT2D eigenvalue weighted by Gasteiger charge is 2.25. The molecule has 0 aliphatic carbocycles. The van der Waals surface area contributed by atoms with Gasteiger partial charge in [0.2, 0.25) is 0 Å². The number of hydrogen-bond acceptors (Lipinski definition) is 3. The van der Waals surface area contributed by atoms with Crippen LogP contribution in [0.4, 0.5) is 0 Å². The summed E-state index contributed by atoms with van der Waals surface area (Å²) in [6.07, 6.45) is 0. The zero-order valence-electron chi connectivity index (χ0n) is 31.3. The van der Waals surface area contributed by atoms with Crippen molar-refractivity contribution in [2.24, 2.45) is 0 Å². The topological polar surface area (TPSA) is 48.5 Å². The first-order chi connectivity index (χ1) is 28.8. The van der Waals surface area contributed by atoms with E-state index in [1.54, 1.807) is 0 Å². The second-order valence-electron chi connectivity index (χ2n) is 14.8. The van der Waals surface area contributed by atoms with Crippen LogP contribution in [0, 0.1) is 0 Å². The van der Waals surface area contributed by atoms with E-state index in [1.165, 1.54) is 54.4 Å². The van der Waals surface area contributed by atoms with Crippen molar-refractivity contribution >= 4 is 65.2 Å². The van der Waals surface area contributed by atoms with Gasteiger partial charge in [0.15, 0.2) is 17.5 Å². The SMILES string of the molecule is c1ccc(-c2nc(-c3ccccc3)nc(-c3ccccc3-n3c4ccccc4c4c(-n5c6ccccc6c6ccc7ccccc7c65)c5ccccc5cc43)n2)cc1. The molecule has 12 aromatic rings. The maximum atomic E-state index is 5.20. The second kappa shape index (κ2) is 12.8. The van der Waals surface area contributed by atoms with Gasteiger partial charge in [-0.3, -0.25) is 0 Å². The predicted octanol–water partition coefficient (Wildman–Crippen LogP) is 13.4. The Hall–Kier alpha value is -7.89. The van der Waals surface area contributed by atoms with Gasteiger partial charge in [-0.05, 0) is 41.1 Å². The third-order valence-electron chi connectivity index (χ3n) is 11.5. The molecular weight excluding hydrogens is 707 g/mol. The Balaban J connectivity index is 1.22. The first-order valence-electron chi connectivity index (χ1n) is 19.6. The molecule has 3 heterocycles. The molecule has 12 rings (SSSR count). The van der Waals surface area contributed by atoms with Crippen LogP contribution >= 0.6 is 0 Å². The minimum absolute atomic E-state index is 0.615. The molecule has 0 N–H and O–H groups in total. The Bertz CT molecular complexity index is 3510. The molecule has 0 aliphatic rings. The van der Waals surface area contributed by atoms with E-state index in [4.69, 9.17) is 15.0 Å². The summed E-state index contributed by atoms with van der Waals surface area (Å²) in [6, 6.07) is 70.9. The minimum Gasteiger partial charge on any atom is -0.308 e. The standard InChI is InChI=1S/C53H33N5/c1-3-18-35(19-4-1)51-54-52(36-20-5-2-6-21-36)56-53(55-51)43-27-13-16-30-46(43)57-45-29-15-12-26-42(45)48-47(57)33-37-22-8-10-24-39(37)50(48)58-44-28-14-11-25-40(44)41-32-31-34-17-7-9-23-38(34)49(41)58/h1-33H. The van der Waals surface area contributed by atoms with E-state index >= 15 is 0 Å². The molecule has 58 heavy (non-hydrogen) atoms. The van der Waals surface area contributed by atoms with Crippen molar-refractivity contribution in [2.45, 2.75) is 0 Å². The highest BCUT2D eigenvalue weighted by Crippen LogP contribution is 2.45. The molecule has 0 fully saturated rings. The molecule has 0 aliphatic heterocycles. The fourth-order valence-corrected chi connectivity index (χ4v) is 9.01. The Morgan fingerprint density at radius 2 is 0.862 bits per heavy atom. The summed E-state index contributed by atoms with van der Waals surface area (Å²) in [6.45, 7) is 0. The van der Waals surface area contributed by atoms with Gasteiger partial charge in [-0.1, -0.05) is 170 Å². The van der Waals surface area contributed by atoms with Crippen molar-refractivity contribution in [1.82, 2.24) is 24.1 Å². The van der Waals surface area contributed by atoms with Gasteiger partial charge < -0.3 is 9.13 Å². The van der Waals surface area contributed by atoms with Gasteiger partial charge in [-0.15, -0.1) is 0 Å². The average Bonchev–Trinajstić information content (AvgIpc) is 3.81. The van der Waals surface area contributed by atoms with E-state index < -0.39 is 0 Å². The van der Waals surface area contributed by atoms with E-state index in [2.05, 4.69) is 173 Å². The van der Waals surface area contributed by atoms with Gasteiger partial charge in [-0.2, -0.15) is 0 Å². The van der Waals surface area contributed by atoms with Gasteiger partial charge in [0, 0.05) is 49.0 Å². The van der Waals surface area contributed by atoms with Crippen molar-refractivity contribution in [3.8, 4) is 45.5 Å². The molecule has 0 atom stereocenters. The summed E-state index contributed by atoms with van der Waals surface area (Å²) in [5.74, 6) is 1.88. The average molecular weight is 740 g/mol. The Morgan fingerprint density at radius 1 is 0.328 bits per heavy atom. The number of benzene rings is 9. The lowest BCUT2D eigenvalue weighted by Crippen LogP contribution is -2.04. The molecule has 5 heteroatoms. The lowest BCUT2D eigenvalue weighted by molar-refractivity contribution is 1.06. The molecule has 3 aromatic heterocycles. The Labute approximate surface area is 333 Å². The summed E-state index contributed by atoms with van der Waals surface area (Å²) >= 11 is 0. The van der Waals surface area contributed by atoms with Gasteiger partial charge in [0.25, 0.3) is 0 Å². The summed E-state index contributed by atoms with van der Waals surface area (Å²) in [5, 5.41) is 9.63. The van der Waals surface area contributed by atoms with Crippen LogP contribution in [-0.2, 0) is 0 Å². The van der Waals surface area contributed by atoms with Crippen molar-refractivity contribution in [2.75, 3.05) is 0 Å². The maximum absolute atomic E-state index is 5.20. The highest BCUT2D eigenvalue weighted by atomic mass is 15.1. The zero-order valence-corrected chi connectivity index (χ0v) is 31.3. The van der Waals surface area contributed by atoms with Crippen molar-refractivity contribution in [3.63, 3.8) is 0 Å². The number of hydrogen-bond donors (Lipinski definition) is 0. The monoisotopic (exact) mass is 739 g/mol. The number of rotatable bonds is 5. The van der Waals surface area contributed by atoms with E-state index in [0.29, 0.717) is 17.5 Å². The number of nitrogens with zero attached hydrogens (tertiary/aromatic N) is 5. The third kappa shape index (κ3) is 4.87. The van der Waals surface area contributed by atoms with E-state index in [-0.39, 0.29) is 0 Å². The molecule has 0 spiro atoms. The molecule has 0 bridgehead atoms. The molecule has 0 radical (unpaired) electrons. The lowest BCUT2D eigenvalue weighted by atomic mass is 10.0. The molecule has 270 valence electrons. The lowest BCUT2D eigenvalue weighted by Gasteiger charge is -2.17. The van der Waals surface area contributed by atoms with Crippen LogP contribution < -0.4 is 0 Å². The summed E-state index contributed by atoms with van der Waals surface area (Å²) in [4.78, 5) is 15.4. The smallest absolute Gasteiger partial charge is 0.166 e. The molecule has 9 aromatic carbocycles. The molecule has 0 amide bonds. The van der Waals surface area contributed by atoms with Gasteiger partial charge in [-0.25, -0.2) is 15.0 Å². The fraction of sp³-hybridized carbons (Fsp3) is 0. The number of aromatic nitrogens is 5. The molecule has 0 unspecified atom stereocenters. The van der Waals surface area contributed by atoms with Gasteiger partial charge in [0.1, 0.15) is 0 Å². The first-order valence-corrected chi connectivity index (χ1v) is 19.6. The van der Waals surface area contributed by atoms with Crippen molar-refractivity contribution in [3.05, 3.63) is 200 Å². The summed E-state index contributed by atoms with van der Waals surface area (Å²) in [5.41, 5.74) is 9.55. The molecule has 0 saturated carbocycles. The normalized spacial score (nSPS) is 11.8. The largest absolute Gasteiger partial charge is 0.308 e. The number of fused-ring (bicyclic) bond motifs is 9. The highest BCUT2D eigenvalue weighted by molar-refractivity contribution is 6.24. The first kappa shape index (κ1) is 32.4. The molecule has 0 saturated heterocycles. The van der Waals surface area contributed by atoms with Crippen molar-refractivity contribution in [1.29, 1.82) is 0 Å². The van der Waals surface area contributed by atoms with Gasteiger partial charge >= 0.3 is 0 Å². The van der Waals surface area contributed by atoms with Crippen LogP contribution in [-0.4, -0.2) is 24.1 Å². The van der Waals surface area contributed by atoms with E-state index in [9.17, 15) is 0 Å². The van der Waals surface area contributed by atoms with Crippen LogP contribution in [0.3, 0.4) is 0 Å². The minimum atomic E-state index is 0.615. The molecular formula is C53H33N5. The predicted molar refractivity (Wildman–Crippen MR) is 240 cm³/mol. The number of para-hydroxylation sites is 3. The molecule has 5 nitrogen and oxygen atoms in total. The summed E-state index contributed by atoms with van der Waals surface area (Å²) < 4.78 is 4.95.